The highest BCUT2D eigenvalue weighted by Gasteiger charge is 2.36. The molecule has 0 spiro atoms. The number of nitrogens with zero attached hydrogens (tertiary/aromatic N) is 1. The van der Waals surface area contributed by atoms with Gasteiger partial charge in [0.25, 0.3) is 0 Å². The monoisotopic (exact) mass is 250 g/mol. The summed E-state index contributed by atoms with van der Waals surface area (Å²) >= 11 is 1.66. The summed E-state index contributed by atoms with van der Waals surface area (Å²) in [5, 5.41) is 7.53. The molecule has 3 heterocycles. The van der Waals surface area contributed by atoms with Crippen LogP contribution in [0.2, 0.25) is 0 Å². The van der Waals surface area contributed by atoms with Crippen LogP contribution in [-0.4, -0.2) is 36.5 Å². The lowest BCUT2D eigenvalue weighted by Gasteiger charge is -2.37. The Morgan fingerprint density at radius 2 is 2.47 bits per heavy atom. The summed E-state index contributed by atoms with van der Waals surface area (Å²) in [6, 6.07) is 2.51. The van der Waals surface area contributed by atoms with E-state index in [1.807, 2.05) is 5.38 Å². The van der Waals surface area contributed by atoms with E-state index in [2.05, 4.69) is 21.7 Å². The van der Waals surface area contributed by atoms with Gasteiger partial charge in [-0.05, 0) is 41.1 Å². The third-order valence-corrected chi connectivity index (χ3v) is 4.67. The van der Waals surface area contributed by atoms with Gasteiger partial charge in [-0.25, -0.2) is 0 Å². The first kappa shape index (κ1) is 11.2. The van der Waals surface area contributed by atoms with Crippen molar-refractivity contribution in [1.29, 1.82) is 0 Å². The molecule has 2 aliphatic heterocycles. The van der Waals surface area contributed by atoms with Crippen LogP contribution in [0.25, 0.3) is 0 Å². The van der Waals surface area contributed by atoms with E-state index in [1.54, 1.807) is 11.3 Å². The summed E-state index contributed by atoms with van der Waals surface area (Å²) in [5.74, 6) is 0.997. The Kier molecular flexibility index (Phi) is 3.16. The maximum atomic E-state index is 12.3. The number of fused-ring (bicyclic) bond motifs is 1. The van der Waals surface area contributed by atoms with Gasteiger partial charge in [0.1, 0.15) is 0 Å². The van der Waals surface area contributed by atoms with E-state index in [-0.39, 0.29) is 0 Å². The number of amides is 1. The molecule has 2 saturated heterocycles. The third kappa shape index (κ3) is 2.24. The molecule has 0 aromatic carbocycles. The van der Waals surface area contributed by atoms with Gasteiger partial charge in [0, 0.05) is 25.7 Å². The van der Waals surface area contributed by atoms with E-state index >= 15 is 0 Å². The molecule has 92 valence electrons. The number of carbonyl (C=O) groups is 1. The fraction of sp³-hybridized carbons (Fsp3) is 0.615. The van der Waals surface area contributed by atoms with Crippen molar-refractivity contribution >= 4 is 17.2 Å². The Labute approximate surface area is 106 Å². The molecule has 1 aromatic heterocycles. The van der Waals surface area contributed by atoms with Crippen molar-refractivity contribution in [3.63, 3.8) is 0 Å². The van der Waals surface area contributed by atoms with Gasteiger partial charge >= 0.3 is 0 Å². The van der Waals surface area contributed by atoms with Crippen molar-refractivity contribution in [2.45, 2.75) is 25.3 Å². The minimum Gasteiger partial charge on any atom is -0.338 e. The molecule has 3 nitrogen and oxygen atoms in total. The molecule has 0 saturated carbocycles. The van der Waals surface area contributed by atoms with Crippen LogP contribution in [0.15, 0.2) is 16.8 Å². The predicted octanol–water partition coefficient (Wildman–Crippen LogP) is 1.50. The summed E-state index contributed by atoms with van der Waals surface area (Å²) in [6.45, 7) is 3.03. The van der Waals surface area contributed by atoms with Gasteiger partial charge in [0.2, 0.25) is 5.91 Å². The molecule has 0 aliphatic carbocycles. The Bertz CT molecular complexity index is 390. The predicted molar refractivity (Wildman–Crippen MR) is 69.1 cm³/mol. The zero-order valence-electron chi connectivity index (χ0n) is 9.89. The molecule has 2 unspecified atom stereocenters. The first-order valence-electron chi connectivity index (χ1n) is 6.36. The highest BCUT2D eigenvalue weighted by Crippen LogP contribution is 2.27. The number of carbonyl (C=O) groups excluding carboxylic acids is 1. The quantitative estimate of drug-likeness (QED) is 0.863. The average molecular weight is 250 g/mol. The van der Waals surface area contributed by atoms with Gasteiger partial charge in [-0.3, -0.25) is 4.79 Å². The smallest absolute Gasteiger partial charge is 0.227 e. The number of thiophene rings is 1. The molecule has 3 rings (SSSR count). The Balaban J connectivity index is 1.68. The fourth-order valence-corrected chi connectivity index (χ4v) is 3.72. The zero-order valence-corrected chi connectivity index (χ0v) is 10.7. The van der Waals surface area contributed by atoms with E-state index in [0.29, 0.717) is 24.3 Å². The second-order valence-electron chi connectivity index (χ2n) is 5.02. The van der Waals surface area contributed by atoms with Crippen molar-refractivity contribution in [2.24, 2.45) is 5.92 Å². The number of rotatable bonds is 2. The number of hydrogen-bond donors (Lipinski definition) is 1. The summed E-state index contributed by atoms with van der Waals surface area (Å²) in [6.07, 6.45) is 3.02. The molecular formula is C13H18N2OS. The van der Waals surface area contributed by atoms with Crippen molar-refractivity contribution < 1.29 is 4.79 Å². The van der Waals surface area contributed by atoms with Gasteiger partial charge in [0.15, 0.2) is 0 Å². The molecule has 1 amide bonds. The molecule has 2 fully saturated rings. The molecule has 1 aromatic rings. The second-order valence-corrected chi connectivity index (χ2v) is 5.80. The highest BCUT2D eigenvalue weighted by molar-refractivity contribution is 7.07. The minimum absolute atomic E-state index is 0.307. The Morgan fingerprint density at radius 3 is 3.29 bits per heavy atom. The third-order valence-electron chi connectivity index (χ3n) is 3.93. The van der Waals surface area contributed by atoms with E-state index in [1.165, 1.54) is 6.42 Å². The van der Waals surface area contributed by atoms with Crippen molar-refractivity contribution in [1.82, 2.24) is 10.2 Å². The number of piperidine rings is 1. The molecular weight excluding hydrogens is 232 g/mol. The van der Waals surface area contributed by atoms with Gasteiger partial charge in [-0.2, -0.15) is 11.3 Å². The highest BCUT2D eigenvalue weighted by atomic mass is 32.1. The molecule has 1 N–H and O–H groups in total. The van der Waals surface area contributed by atoms with Crippen LogP contribution in [0.1, 0.15) is 18.4 Å². The van der Waals surface area contributed by atoms with Crippen LogP contribution in [0, 0.1) is 5.92 Å². The van der Waals surface area contributed by atoms with E-state index < -0.39 is 0 Å². The van der Waals surface area contributed by atoms with Gasteiger partial charge < -0.3 is 10.2 Å². The van der Waals surface area contributed by atoms with Crippen LogP contribution in [0.3, 0.4) is 0 Å². The molecule has 2 atom stereocenters. The van der Waals surface area contributed by atoms with E-state index in [9.17, 15) is 4.79 Å². The van der Waals surface area contributed by atoms with Crippen LogP contribution >= 0.6 is 11.3 Å². The maximum absolute atomic E-state index is 12.3. The van der Waals surface area contributed by atoms with Crippen molar-refractivity contribution in [3.05, 3.63) is 22.4 Å². The normalized spacial score (nSPS) is 28.1. The van der Waals surface area contributed by atoms with Crippen molar-refractivity contribution in [3.8, 4) is 0 Å². The molecule has 17 heavy (non-hydrogen) atoms. The largest absolute Gasteiger partial charge is 0.338 e. The minimum atomic E-state index is 0.307. The second kappa shape index (κ2) is 4.78. The summed E-state index contributed by atoms with van der Waals surface area (Å²) in [4.78, 5) is 14.4. The maximum Gasteiger partial charge on any atom is 0.227 e. The number of likely N-dealkylation sites (tertiary alicyclic amines) is 1. The zero-order chi connectivity index (χ0) is 11.7. The van der Waals surface area contributed by atoms with Crippen molar-refractivity contribution in [2.75, 3.05) is 19.6 Å². The van der Waals surface area contributed by atoms with Crippen LogP contribution in [-0.2, 0) is 11.2 Å². The Hall–Kier alpha value is -0.870. The Morgan fingerprint density at radius 1 is 1.53 bits per heavy atom. The lowest BCUT2D eigenvalue weighted by Crippen LogP contribution is -2.48. The lowest BCUT2D eigenvalue weighted by atomic mass is 9.91. The average Bonchev–Trinajstić information content (AvgIpc) is 2.97. The van der Waals surface area contributed by atoms with Crippen LogP contribution < -0.4 is 5.32 Å². The topological polar surface area (TPSA) is 32.3 Å². The summed E-state index contributed by atoms with van der Waals surface area (Å²) in [7, 11) is 0. The molecule has 4 heteroatoms. The van der Waals surface area contributed by atoms with Gasteiger partial charge in [-0.1, -0.05) is 0 Å². The molecule has 2 aliphatic rings. The lowest BCUT2D eigenvalue weighted by molar-refractivity contribution is -0.134. The molecule has 0 radical (unpaired) electrons. The standard InChI is InChI=1S/C13H18N2OS/c16-13(6-10-3-5-17-9-10)15-4-1-2-11-7-14-8-12(11)15/h3,5,9,11-12,14H,1-2,4,6-8H2. The summed E-state index contributed by atoms with van der Waals surface area (Å²) < 4.78 is 0. The van der Waals surface area contributed by atoms with Gasteiger partial charge in [-0.15, -0.1) is 0 Å². The molecule has 0 bridgehead atoms. The fourth-order valence-electron chi connectivity index (χ4n) is 3.05. The number of hydrogen-bond acceptors (Lipinski definition) is 3. The SMILES string of the molecule is O=C(Cc1ccsc1)N1CCCC2CNCC21. The van der Waals surface area contributed by atoms with Crippen LogP contribution in [0.5, 0.6) is 0 Å². The van der Waals surface area contributed by atoms with E-state index in [0.717, 1.165) is 31.6 Å². The summed E-state index contributed by atoms with van der Waals surface area (Å²) in [5.41, 5.74) is 1.16. The first-order chi connectivity index (χ1) is 8.34. The van der Waals surface area contributed by atoms with Gasteiger partial charge in [0.05, 0.1) is 6.42 Å². The number of nitrogens with one attached hydrogen (secondary N) is 1. The van der Waals surface area contributed by atoms with Crippen LogP contribution in [0.4, 0.5) is 0 Å². The van der Waals surface area contributed by atoms with E-state index in [4.69, 9.17) is 0 Å². The first-order valence-corrected chi connectivity index (χ1v) is 7.30.